The Morgan fingerprint density at radius 3 is 2.68 bits per heavy atom. The van der Waals surface area contributed by atoms with Crippen LogP contribution in [0.1, 0.15) is 25.8 Å². The molecule has 0 heterocycles. The van der Waals surface area contributed by atoms with Crippen LogP contribution < -0.4 is 14.9 Å². The molecule has 2 rings (SSSR count). The fourth-order valence-electron chi connectivity index (χ4n) is 1.96. The van der Waals surface area contributed by atoms with E-state index in [0.717, 1.165) is 17.7 Å². The Morgan fingerprint density at radius 2 is 1.96 bits per heavy atom. The van der Waals surface area contributed by atoms with Crippen LogP contribution in [0.15, 0.2) is 53.6 Å². The van der Waals surface area contributed by atoms with Gasteiger partial charge in [0.05, 0.1) is 12.8 Å². The topological polar surface area (TPSA) is 59.9 Å². The van der Waals surface area contributed by atoms with Gasteiger partial charge in [-0.1, -0.05) is 30.7 Å². The summed E-state index contributed by atoms with van der Waals surface area (Å²) in [5, 5.41) is 4.59. The number of hydrogen-bond acceptors (Lipinski definition) is 4. The molecule has 25 heavy (non-hydrogen) atoms. The summed E-state index contributed by atoms with van der Waals surface area (Å²) in [6.07, 6.45) is 1.78. The third-order valence-electron chi connectivity index (χ3n) is 3.25. The van der Waals surface area contributed by atoms with Crippen molar-refractivity contribution in [2.45, 2.75) is 26.4 Å². The van der Waals surface area contributed by atoms with E-state index in [2.05, 4.69) is 10.5 Å². The van der Waals surface area contributed by atoms with Crippen LogP contribution in [0.3, 0.4) is 0 Å². The molecular formula is C19H21ClN2O3. The third kappa shape index (κ3) is 6.12. The van der Waals surface area contributed by atoms with Crippen LogP contribution in [-0.4, -0.2) is 24.8 Å². The van der Waals surface area contributed by atoms with Crippen LogP contribution in [0.25, 0.3) is 0 Å². The lowest BCUT2D eigenvalue weighted by atomic mass is 10.2. The lowest BCUT2D eigenvalue weighted by Crippen LogP contribution is -2.33. The van der Waals surface area contributed by atoms with Crippen molar-refractivity contribution in [3.8, 4) is 11.5 Å². The molecule has 1 amide bonds. The highest BCUT2D eigenvalue weighted by molar-refractivity contribution is 6.30. The lowest BCUT2D eigenvalue weighted by Gasteiger charge is -2.13. The van der Waals surface area contributed by atoms with Crippen molar-refractivity contribution < 1.29 is 14.3 Å². The van der Waals surface area contributed by atoms with Crippen LogP contribution in [-0.2, 0) is 4.79 Å². The second-order valence-corrected chi connectivity index (χ2v) is 5.77. The van der Waals surface area contributed by atoms with Crippen molar-refractivity contribution in [3.63, 3.8) is 0 Å². The molecular weight excluding hydrogens is 340 g/mol. The fraction of sp³-hybridized carbons (Fsp3) is 0.263. The Hall–Kier alpha value is -2.53. The first-order valence-electron chi connectivity index (χ1n) is 8.07. The van der Waals surface area contributed by atoms with Gasteiger partial charge in [-0.05, 0) is 49.7 Å². The summed E-state index contributed by atoms with van der Waals surface area (Å²) in [4.78, 5) is 12.1. The molecule has 0 saturated heterocycles. The largest absolute Gasteiger partial charge is 0.493 e. The zero-order valence-electron chi connectivity index (χ0n) is 14.2. The summed E-state index contributed by atoms with van der Waals surface area (Å²) >= 11 is 5.82. The molecule has 0 radical (unpaired) electrons. The molecule has 0 spiro atoms. The maximum absolute atomic E-state index is 12.1. The van der Waals surface area contributed by atoms with Gasteiger partial charge in [0.2, 0.25) is 0 Å². The minimum Gasteiger partial charge on any atom is -0.493 e. The van der Waals surface area contributed by atoms with Crippen LogP contribution in [0, 0.1) is 0 Å². The maximum Gasteiger partial charge on any atom is 0.280 e. The smallest absolute Gasteiger partial charge is 0.280 e. The second kappa shape index (κ2) is 9.69. The van der Waals surface area contributed by atoms with Gasteiger partial charge in [0, 0.05) is 10.6 Å². The summed E-state index contributed by atoms with van der Waals surface area (Å²) in [7, 11) is 0. The van der Waals surface area contributed by atoms with Gasteiger partial charge >= 0.3 is 0 Å². The molecule has 5 nitrogen and oxygen atoms in total. The standard InChI is InChI=1S/C19H21ClN2O3/c1-3-12-24-18-7-5-4-6-15(18)13-21-22-19(23)14(2)25-17-10-8-16(20)9-11-17/h4-11,13-14H,3,12H2,1-2H3,(H,22,23)/b21-13-/t14-/m1/s1. The van der Waals surface area contributed by atoms with E-state index in [1.54, 1.807) is 37.4 Å². The average molecular weight is 361 g/mol. The minimum absolute atomic E-state index is 0.349. The molecule has 0 aliphatic rings. The number of halogens is 1. The fourth-order valence-corrected chi connectivity index (χ4v) is 2.08. The summed E-state index contributed by atoms with van der Waals surface area (Å²) in [6.45, 7) is 4.32. The molecule has 0 aliphatic heterocycles. The number of benzene rings is 2. The van der Waals surface area contributed by atoms with E-state index in [1.165, 1.54) is 0 Å². The highest BCUT2D eigenvalue weighted by Gasteiger charge is 2.13. The summed E-state index contributed by atoms with van der Waals surface area (Å²) in [5.74, 6) is 0.945. The molecule has 6 heteroatoms. The zero-order valence-corrected chi connectivity index (χ0v) is 15.0. The number of para-hydroxylation sites is 1. The SMILES string of the molecule is CCCOc1ccccc1/C=N\NC(=O)[C@@H](C)Oc1ccc(Cl)cc1. The molecule has 0 fully saturated rings. The van der Waals surface area contributed by atoms with Crippen molar-refractivity contribution >= 4 is 23.7 Å². The van der Waals surface area contributed by atoms with Gasteiger partial charge in [0.25, 0.3) is 5.91 Å². The number of amides is 1. The number of nitrogens with one attached hydrogen (secondary N) is 1. The summed E-state index contributed by atoms with van der Waals surface area (Å²) in [5.41, 5.74) is 3.26. The Kier molecular flexibility index (Phi) is 7.29. The molecule has 0 unspecified atom stereocenters. The van der Waals surface area contributed by atoms with E-state index >= 15 is 0 Å². The normalized spacial score (nSPS) is 12.0. The molecule has 1 atom stereocenters. The Labute approximate surface area is 152 Å². The van der Waals surface area contributed by atoms with Crippen molar-refractivity contribution in [1.29, 1.82) is 0 Å². The van der Waals surface area contributed by atoms with Crippen LogP contribution >= 0.6 is 11.6 Å². The number of nitrogens with zero attached hydrogens (tertiary/aromatic N) is 1. The number of rotatable bonds is 8. The van der Waals surface area contributed by atoms with E-state index in [4.69, 9.17) is 21.1 Å². The van der Waals surface area contributed by atoms with E-state index in [1.807, 2.05) is 31.2 Å². The molecule has 0 saturated carbocycles. The Morgan fingerprint density at radius 1 is 1.24 bits per heavy atom. The number of carbonyl (C=O) groups is 1. The quantitative estimate of drug-likeness (QED) is 0.570. The molecule has 0 aromatic heterocycles. The van der Waals surface area contributed by atoms with Crippen LogP contribution in [0.5, 0.6) is 11.5 Å². The predicted molar refractivity (Wildman–Crippen MR) is 99.5 cm³/mol. The first-order valence-corrected chi connectivity index (χ1v) is 8.45. The van der Waals surface area contributed by atoms with Crippen LogP contribution in [0.2, 0.25) is 5.02 Å². The van der Waals surface area contributed by atoms with Gasteiger partial charge < -0.3 is 9.47 Å². The van der Waals surface area contributed by atoms with Gasteiger partial charge in [-0.3, -0.25) is 4.79 Å². The molecule has 2 aromatic rings. The van der Waals surface area contributed by atoms with Gasteiger partial charge in [0.15, 0.2) is 6.10 Å². The van der Waals surface area contributed by atoms with E-state index in [-0.39, 0.29) is 5.91 Å². The van der Waals surface area contributed by atoms with E-state index in [0.29, 0.717) is 17.4 Å². The predicted octanol–water partition coefficient (Wildman–Crippen LogP) is 4.05. The second-order valence-electron chi connectivity index (χ2n) is 5.33. The number of carbonyl (C=O) groups excluding carboxylic acids is 1. The number of ether oxygens (including phenoxy) is 2. The Bertz CT molecular complexity index is 717. The van der Waals surface area contributed by atoms with Gasteiger partial charge in [0.1, 0.15) is 11.5 Å². The van der Waals surface area contributed by atoms with Gasteiger partial charge in [-0.15, -0.1) is 0 Å². The van der Waals surface area contributed by atoms with Crippen LogP contribution in [0.4, 0.5) is 0 Å². The zero-order chi connectivity index (χ0) is 18.1. The molecule has 1 N–H and O–H groups in total. The third-order valence-corrected chi connectivity index (χ3v) is 3.51. The molecule has 2 aromatic carbocycles. The first kappa shape index (κ1) is 18.8. The van der Waals surface area contributed by atoms with Crippen molar-refractivity contribution in [3.05, 3.63) is 59.1 Å². The monoisotopic (exact) mass is 360 g/mol. The lowest BCUT2D eigenvalue weighted by molar-refractivity contribution is -0.127. The van der Waals surface area contributed by atoms with E-state index in [9.17, 15) is 4.79 Å². The molecule has 0 aliphatic carbocycles. The van der Waals surface area contributed by atoms with E-state index < -0.39 is 6.10 Å². The number of hydrazone groups is 1. The van der Waals surface area contributed by atoms with Crippen molar-refractivity contribution in [2.75, 3.05) is 6.61 Å². The maximum atomic E-state index is 12.1. The number of hydrogen-bond donors (Lipinski definition) is 1. The van der Waals surface area contributed by atoms with Crippen molar-refractivity contribution in [2.24, 2.45) is 5.10 Å². The minimum atomic E-state index is -0.690. The summed E-state index contributed by atoms with van der Waals surface area (Å²) in [6, 6.07) is 14.3. The molecule has 0 bridgehead atoms. The van der Waals surface area contributed by atoms with Gasteiger partial charge in [-0.2, -0.15) is 5.10 Å². The van der Waals surface area contributed by atoms with Crippen molar-refractivity contribution in [1.82, 2.24) is 5.43 Å². The highest BCUT2D eigenvalue weighted by atomic mass is 35.5. The Balaban J connectivity index is 1.90. The summed E-state index contributed by atoms with van der Waals surface area (Å²) < 4.78 is 11.2. The highest BCUT2D eigenvalue weighted by Crippen LogP contribution is 2.17. The molecule has 132 valence electrons. The average Bonchev–Trinajstić information content (AvgIpc) is 2.62. The first-order chi connectivity index (χ1) is 12.1. The van der Waals surface area contributed by atoms with Gasteiger partial charge in [-0.25, -0.2) is 5.43 Å².